The van der Waals surface area contributed by atoms with Crippen LogP contribution in [0.4, 0.5) is 9.50 Å². The summed E-state index contributed by atoms with van der Waals surface area (Å²) >= 11 is 0. The maximum atomic E-state index is 11.9. The van der Waals surface area contributed by atoms with Crippen molar-refractivity contribution >= 4 is 58.1 Å². The Morgan fingerprint density at radius 3 is 2.05 bits per heavy atom. The summed E-state index contributed by atoms with van der Waals surface area (Å²) in [7, 11) is -3.89. The number of alkyl carbamates (subject to hydrolysis) is 1. The van der Waals surface area contributed by atoms with Gasteiger partial charge in [-0.05, 0) is 69.6 Å². The summed E-state index contributed by atoms with van der Waals surface area (Å²) in [5, 5.41) is 9.77. The van der Waals surface area contributed by atoms with Crippen LogP contribution in [-0.4, -0.2) is 73.6 Å². The number of nitrogens with zero attached hydrogens (tertiary/aromatic N) is 1. The van der Waals surface area contributed by atoms with Crippen molar-refractivity contribution < 1.29 is 50.6 Å². The van der Waals surface area contributed by atoms with Crippen LogP contribution in [0.1, 0.15) is 82.8 Å². The number of aliphatic hydroxyl groups excluding tert-OH is 1. The van der Waals surface area contributed by atoms with Crippen molar-refractivity contribution in [3.63, 3.8) is 0 Å². The number of nitrogens with two attached hydrogens (primary N) is 1. The fraction of sp³-hybridized carbons (Fsp3) is 0.714. The first-order chi connectivity index (χ1) is 19.7. The van der Waals surface area contributed by atoms with Crippen molar-refractivity contribution in [2.45, 2.75) is 96.8 Å². The minimum absolute atomic E-state index is 0. The van der Waals surface area contributed by atoms with E-state index in [0.29, 0.717) is 19.4 Å². The highest BCUT2D eigenvalue weighted by atomic mass is 127. The molecule has 0 aromatic heterocycles. The van der Waals surface area contributed by atoms with Crippen LogP contribution in [-0.2, 0) is 33.6 Å². The number of ether oxygens (including phenoxy) is 1. The molecule has 13 nitrogen and oxygen atoms in total. The lowest BCUT2D eigenvalue weighted by Crippen LogP contribution is -2.47. The molecule has 0 aromatic carbocycles. The largest absolute Gasteiger partial charge is 0.516 e. The van der Waals surface area contributed by atoms with Gasteiger partial charge in [0, 0.05) is 16.7 Å². The molecule has 4 aliphatic rings. The van der Waals surface area contributed by atoms with E-state index in [9.17, 15) is 27.6 Å². The van der Waals surface area contributed by atoms with Crippen LogP contribution in [0.15, 0.2) is 25.5 Å². The molecule has 1 saturated heterocycles. The minimum Gasteiger partial charge on any atom is -0.516 e. The Morgan fingerprint density at radius 1 is 1.05 bits per heavy atom. The zero-order valence-electron chi connectivity index (χ0n) is 25.8. The van der Waals surface area contributed by atoms with Crippen molar-refractivity contribution in [3.8, 4) is 0 Å². The van der Waals surface area contributed by atoms with E-state index in [1.165, 1.54) is 4.90 Å². The topological polar surface area (TPSA) is 194 Å². The fourth-order valence-electron chi connectivity index (χ4n) is 4.15. The first-order valence-electron chi connectivity index (χ1n) is 14.4. The summed E-state index contributed by atoms with van der Waals surface area (Å²) in [6.45, 7) is 13.3. The maximum absolute atomic E-state index is 11.9. The third-order valence-corrected chi connectivity index (χ3v) is 7.33. The number of allylic oxidation sites excluding steroid dienone is 1. The molecule has 44 heavy (non-hydrogen) atoms. The Morgan fingerprint density at radius 2 is 1.59 bits per heavy atom. The van der Waals surface area contributed by atoms with Gasteiger partial charge in [-0.2, -0.15) is 8.42 Å². The fourth-order valence-corrected chi connectivity index (χ4v) is 5.15. The Bertz CT molecular complexity index is 1050. The van der Waals surface area contributed by atoms with Crippen LogP contribution in [0.5, 0.6) is 0 Å². The molecule has 1 heterocycles. The molecular formula is C28H56FIN4O9S. The first kappa shape index (κ1) is 43.7. The summed E-state index contributed by atoms with van der Waals surface area (Å²) in [4.78, 5) is 47.5. The van der Waals surface area contributed by atoms with Gasteiger partial charge in [0.25, 0.3) is 0 Å². The van der Waals surface area contributed by atoms with E-state index < -0.39 is 34.3 Å². The first-order valence-corrected chi connectivity index (χ1v) is 15.8. The lowest BCUT2D eigenvalue weighted by Gasteiger charge is -2.22. The molecule has 4 amide bonds. The summed E-state index contributed by atoms with van der Waals surface area (Å²) in [6.07, 6.45) is 9.01. The molecule has 4 rings (SSSR count). The number of likely N-dealkylation sites (tertiary alicyclic amines) is 1. The predicted octanol–water partition coefficient (Wildman–Crippen LogP) is 4.34. The molecule has 1 aliphatic heterocycles. The number of nitrogens with one attached hydrogen (secondary N) is 2. The standard InChI is InChI=1S/C13H21N3O4.C9H13NO4S.C4H10.C2H4O.FH.HI.3H2/c14-12(18)10-6-3-7-16(10)11(17)8-15-13(19)20-9-4-1-2-5-9;1-2-6-5-8(6)9(11)10-15(12,13)14-7-3-4-7;1-4(2)3;1-2-3;;;;;/h9-10H,1-8H2,(H2,14,18)(H,15,19);2,6-8H,1,3-5H2,(H,10,11);4H,1-3H3;2-3H,1H2;5*1H/t10-;6-,8+;;;;;;;/m01......./s1. The molecule has 0 aromatic rings. The van der Waals surface area contributed by atoms with Gasteiger partial charge in [-0.15, -0.1) is 30.6 Å². The smallest absolute Gasteiger partial charge is 0.407 e. The lowest BCUT2D eigenvalue weighted by atomic mass is 10.2. The van der Waals surface area contributed by atoms with Gasteiger partial charge >= 0.3 is 16.4 Å². The molecule has 0 unspecified atom stereocenters. The van der Waals surface area contributed by atoms with Crippen LogP contribution in [0.25, 0.3) is 0 Å². The third-order valence-electron chi connectivity index (χ3n) is 6.35. The Kier molecular flexibility index (Phi) is 21.9. The molecule has 4 fully saturated rings. The van der Waals surface area contributed by atoms with Crippen molar-refractivity contribution in [1.82, 2.24) is 14.9 Å². The van der Waals surface area contributed by atoms with Gasteiger partial charge in [0.15, 0.2) is 0 Å². The van der Waals surface area contributed by atoms with Crippen LogP contribution < -0.4 is 15.8 Å². The molecule has 3 atom stereocenters. The van der Waals surface area contributed by atoms with E-state index in [1.54, 1.807) is 6.08 Å². The molecule has 262 valence electrons. The number of amides is 4. The number of hydrogen-bond acceptors (Lipinski definition) is 9. The molecular weight excluding hydrogens is 714 g/mol. The molecule has 3 saturated carbocycles. The van der Waals surface area contributed by atoms with Crippen molar-refractivity contribution in [2.24, 2.45) is 23.5 Å². The number of rotatable bonds is 9. The van der Waals surface area contributed by atoms with E-state index in [2.05, 4.69) is 43.4 Å². The Balaban J connectivity index is -0.000000195. The van der Waals surface area contributed by atoms with E-state index in [-0.39, 0.29) is 69.5 Å². The lowest BCUT2D eigenvalue weighted by molar-refractivity contribution is -0.136. The molecule has 0 bridgehead atoms. The second-order valence-electron chi connectivity index (χ2n) is 11.2. The summed E-state index contributed by atoms with van der Waals surface area (Å²) in [6, 6.07) is -0.546. The average molecular weight is 771 g/mol. The van der Waals surface area contributed by atoms with Crippen LogP contribution >= 0.6 is 24.0 Å². The van der Waals surface area contributed by atoms with Gasteiger partial charge in [-0.1, -0.05) is 33.4 Å². The molecule has 0 spiro atoms. The number of primary amides is 1. The summed E-state index contributed by atoms with van der Waals surface area (Å²) < 4.78 is 34.3. The molecule has 5 N–H and O–H groups in total. The van der Waals surface area contributed by atoms with Crippen LogP contribution in [0.3, 0.4) is 0 Å². The summed E-state index contributed by atoms with van der Waals surface area (Å²) in [5.74, 6) is -0.583. The monoisotopic (exact) mass is 770 g/mol. The van der Waals surface area contributed by atoms with Gasteiger partial charge in [0.05, 0.1) is 12.4 Å². The Labute approximate surface area is 281 Å². The molecule has 0 radical (unpaired) electrons. The number of halogens is 2. The number of aliphatic hydroxyl groups is 1. The molecule has 16 heteroatoms. The van der Waals surface area contributed by atoms with E-state index >= 15 is 0 Å². The predicted molar refractivity (Wildman–Crippen MR) is 181 cm³/mol. The zero-order valence-corrected chi connectivity index (χ0v) is 28.9. The minimum atomic E-state index is -3.89. The van der Waals surface area contributed by atoms with Crippen LogP contribution in [0.2, 0.25) is 0 Å². The molecule has 3 aliphatic carbocycles. The van der Waals surface area contributed by atoms with E-state index in [0.717, 1.165) is 57.1 Å². The van der Waals surface area contributed by atoms with Gasteiger partial charge < -0.3 is 25.8 Å². The van der Waals surface area contributed by atoms with Crippen molar-refractivity contribution in [3.05, 3.63) is 25.5 Å². The quantitative estimate of drug-likeness (QED) is 0.150. The number of carbonyl (C=O) groups is 4. The maximum Gasteiger partial charge on any atom is 0.407 e. The van der Waals surface area contributed by atoms with Crippen LogP contribution in [0, 0.1) is 17.8 Å². The average Bonchev–Trinajstić information content (AvgIpc) is 3.75. The van der Waals surface area contributed by atoms with Gasteiger partial charge in [0.1, 0.15) is 18.7 Å². The normalized spacial score (nSPS) is 21.5. The second-order valence-corrected chi connectivity index (χ2v) is 12.5. The second kappa shape index (κ2) is 22.1. The van der Waals surface area contributed by atoms with Crippen molar-refractivity contribution in [1.29, 1.82) is 0 Å². The summed E-state index contributed by atoms with van der Waals surface area (Å²) in [5.41, 5.74) is 5.25. The third kappa shape index (κ3) is 18.4. The van der Waals surface area contributed by atoms with Gasteiger partial charge in [-0.3, -0.25) is 23.3 Å². The van der Waals surface area contributed by atoms with E-state index in [1.807, 2.05) is 4.72 Å². The number of carbonyl (C=O) groups excluding carboxylic acids is 4. The van der Waals surface area contributed by atoms with E-state index in [4.69, 9.17) is 15.6 Å². The SMILES string of the molecule is C=CO.C=C[C@@H]1C[C@@H]1C(=O)NS(=O)(=O)OC1CC1.CC(C)C.F.I.NC(=O)[C@@H]1CCCN1C(=O)CNC(=O)OC1CCCC1.[HH].[HH].[HH]. The van der Waals surface area contributed by atoms with Crippen molar-refractivity contribution in [2.75, 3.05) is 13.1 Å². The Hall–Kier alpha value is -2.47. The highest BCUT2D eigenvalue weighted by Crippen LogP contribution is 2.39. The van der Waals surface area contributed by atoms with Gasteiger partial charge in [-0.25, -0.2) is 9.52 Å². The highest BCUT2D eigenvalue weighted by Gasteiger charge is 2.42. The highest BCUT2D eigenvalue weighted by molar-refractivity contribution is 14.0. The van der Waals surface area contributed by atoms with Gasteiger partial charge in [0.2, 0.25) is 17.7 Å². The zero-order chi connectivity index (χ0) is 31.9. The number of hydrogen-bond donors (Lipinski definition) is 4.